The summed E-state index contributed by atoms with van der Waals surface area (Å²) in [4.78, 5) is 19.7. The van der Waals surface area contributed by atoms with Crippen molar-refractivity contribution in [3.05, 3.63) is 216 Å². The Morgan fingerprint density at radius 1 is 0.414 bits per heavy atom. The predicted molar refractivity (Wildman–Crippen MR) is 238 cm³/mol. The summed E-state index contributed by atoms with van der Waals surface area (Å²) in [6.45, 7) is 4.82. The first-order valence-electron chi connectivity index (χ1n) is 20.0. The second-order valence-corrected chi connectivity index (χ2v) is 31.0. The van der Waals surface area contributed by atoms with Gasteiger partial charge in [-0.05, 0) is 0 Å². The van der Waals surface area contributed by atoms with E-state index in [1.807, 2.05) is 49.1 Å². The van der Waals surface area contributed by atoms with Gasteiger partial charge < -0.3 is 0 Å². The molecule has 2 aliphatic rings. The van der Waals surface area contributed by atoms with Crippen molar-refractivity contribution in [2.75, 3.05) is 0 Å². The maximum absolute atomic E-state index is 4.94. The van der Waals surface area contributed by atoms with Gasteiger partial charge in [0.05, 0.1) is 0 Å². The molecule has 4 aromatic heterocycles. The molecule has 4 nitrogen and oxygen atoms in total. The van der Waals surface area contributed by atoms with Crippen molar-refractivity contribution in [3.8, 4) is 45.0 Å². The molecule has 0 bridgehead atoms. The van der Waals surface area contributed by atoms with Crippen LogP contribution in [0.3, 0.4) is 0 Å². The van der Waals surface area contributed by atoms with Crippen LogP contribution in [-0.4, -0.2) is 25.9 Å². The Morgan fingerprint density at radius 3 is 1.14 bits per heavy atom. The molecular formula is C52H41N4SiZr. The molecule has 0 aliphatic heterocycles. The minimum atomic E-state index is -2.97. The predicted octanol–water partition coefficient (Wildman–Crippen LogP) is 10.7. The molecule has 10 rings (SSSR count). The van der Waals surface area contributed by atoms with E-state index < -0.39 is 26.8 Å². The number of fused-ring (bicyclic) bond motifs is 2. The van der Waals surface area contributed by atoms with Crippen LogP contribution in [0.4, 0.5) is 0 Å². The Labute approximate surface area is 349 Å². The molecule has 4 heterocycles. The van der Waals surface area contributed by atoms with Gasteiger partial charge in [-0.2, -0.15) is 0 Å². The number of nitrogens with zero attached hydrogens (tertiary/aromatic N) is 4. The summed E-state index contributed by atoms with van der Waals surface area (Å²) >= 11 is -2.97. The molecule has 0 spiro atoms. The van der Waals surface area contributed by atoms with Crippen molar-refractivity contribution >= 4 is 28.4 Å². The minimum absolute atomic E-state index is 0.316. The molecule has 58 heavy (non-hydrogen) atoms. The molecule has 8 aromatic rings. The number of allylic oxidation sites excluding steroid dienone is 2. The summed E-state index contributed by atoms with van der Waals surface area (Å²) in [6.07, 6.45) is 12.6. The molecule has 277 valence electrons. The number of rotatable bonds is 9. The van der Waals surface area contributed by atoms with E-state index in [1.165, 1.54) is 54.9 Å². The van der Waals surface area contributed by atoms with Crippen molar-refractivity contribution in [3.63, 3.8) is 0 Å². The Balaban J connectivity index is 1.27. The third kappa shape index (κ3) is 6.70. The Hall–Kier alpha value is -5.94. The van der Waals surface area contributed by atoms with Gasteiger partial charge in [0.15, 0.2) is 0 Å². The van der Waals surface area contributed by atoms with Gasteiger partial charge in [0.1, 0.15) is 0 Å². The monoisotopic (exact) mass is 839 g/mol. The molecule has 0 saturated carbocycles. The van der Waals surface area contributed by atoms with Crippen LogP contribution in [0, 0.1) is 0 Å². The average Bonchev–Trinajstić information content (AvgIpc) is 3.81. The van der Waals surface area contributed by atoms with Crippen molar-refractivity contribution in [2.24, 2.45) is 0 Å². The summed E-state index contributed by atoms with van der Waals surface area (Å²) in [5, 5.41) is 3.06. The van der Waals surface area contributed by atoms with E-state index in [9.17, 15) is 0 Å². The third-order valence-corrected chi connectivity index (χ3v) is 35.4. The number of pyridine rings is 4. The van der Waals surface area contributed by atoms with Crippen LogP contribution in [0.15, 0.2) is 194 Å². The van der Waals surface area contributed by atoms with E-state index in [-0.39, 0.29) is 0 Å². The molecular weight excluding hydrogens is 800 g/mol. The van der Waals surface area contributed by atoms with Crippen molar-refractivity contribution in [1.82, 2.24) is 19.9 Å². The molecule has 0 radical (unpaired) electrons. The molecule has 2 unspecified atom stereocenters. The van der Waals surface area contributed by atoms with Crippen molar-refractivity contribution < 1.29 is 20.9 Å². The molecule has 0 saturated heterocycles. The van der Waals surface area contributed by atoms with Gasteiger partial charge >= 0.3 is 351 Å². The van der Waals surface area contributed by atoms with Gasteiger partial charge in [0.25, 0.3) is 0 Å². The quantitative estimate of drug-likeness (QED) is 0.136. The first kappa shape index (κ1) is 36.4. The Bertz CT molecular complexity index is 2600. The molecule has 2 atom stereocenters. The van der Waals surface area contributed by atoms with E-state index >= 15 is 0 Å². The molecule has 2 aliphatic carbocycles. The Kier molecular flexibility index (Phi) is 9.90. The fourth-order valence-electron chi connectivity index (χ4n) is 9.35. The van der Waals surface area contributed by atoms with Gasteiger partial charge in [0, 0.05) is 0 Å². The second kappa shape index (κ2) is 15.8. The van der Waals surface area contributed by atoms with Crippen molar-refractivity contribution in [1.29, 1.82) is 0 Å². The standard InChI is InChI=1S/2C20H15N2.C12H11Si.Zr/c2*1-14-10-15-12-16(19-6-2-4-8-21-19)13-18(17(15)11-14)20-7-3-5-9-22-20;1-3-7-11(8-4-1)13-12-9-5-2-6-10-12;/h2*2-13H,1H3;1-10,13H;. The van der Waals surface area contributed by atoms with Crippen LogP contribution in [0.25, 0.3) is 57.2 Å². The summed E-state index contributed by atoms with van der Waals surface area (Å²) in [5.74, 6) is -1.87. The van der Waals surface area contributed by atoms with E-state index in [2.05, 4.69) is 159 Å². The number of hydrogen-bond acceptors (Lipinski definition) is 4. The van der Waals surface area contributed by atoms with Gasteiger partial charge in [0.2, 0.25) is 0 Å². The SMILES string of the molecule is CC1=Cc2c(-c3ccccn3)cc(-c3ccccn3)cc2[CH]1[Zr]([CH]1C(C)=Cc2c(-c3ccccn3)cc(-c3ccccn3)cc21)[SiH](c1ccccc1)c1ccccc1. The fraction of sp³-hybridized carbons (Fsp3) is 0.0769. The van der Waals surface area contributed by atoms with Gasteiger partial charge in [-0.25, -0.2) is 0 Å². The first-order chi connectivity index (χ1) is 28.6. The van der Waals surface area contributed by atoms with Gasteiger partial charge in [-0.15, -0.1) is 0 Å². The average molecular weight is 841 g/mol. The topological polar surface area (TPSA) is 51.6 Å². The van der Waals surface area contributed by atoms with Crippen molar-refractivity contribution in [2.45, 2.75) is 21.1 Å². The second-order valence-electron chi connectivity index (χ2n) is 15.3. The van der Waals surface area contributed by atoms with Crippen LogP contribution < -0.4 is 10.4 Å². The summed E-state index contributed by atoms with van der Waals surface area (Å²) in [7, 11) is 0. The first-order valence-corrected chi connectivity index (χ1v) is 28.8. The molecule has 0 fully saturated rings. The van der Waals surface area contributed by atoms with Crippen LogP contribution >= 0.6 is 0 Å². The fourth-order valence-corrected chi connectivity index (χ4v) is 37.8. The molecule has 4 aromatic carbocycles. The zero-order valence-electron chi connectivity index (χ0n) is 32.5. The number of hydrogen-bond donors (Lipinski definition) is 0. The summed E-state index contributed by atoms with van der Waals surface area (Å²) in [6, 6.07) is 57.7. The van der Waals surface area contributed by atoms with E-state index in [0.29, 0.717) is 7.25 Å². The van der Waals surface area contributed by atoms with Gasteiger partial charge in [-0.1, -0.05) is 0 Å². The van der Waals surface area contributed by atoms with Crippen LogP contribution in [0.1, 0.15) is 43.4 Å². The zero-order valence-corrected chi connectivity index (χ0v) is 36.1. The normalized spacial score (nSPS) is 15.4. The van der Waals surface area contributed by atoms with E-state index in [0.717, 1.165) is 33.9 Å². The number of benzene rings is 4. The Morgan fingerprint density at radius 2 is 0.776 bits per heavy atom. The molecule has 0 amide bonds. The van der Waals surface area contributed by atoms with Crippen LogP contribution in [-0.2, 0) is 20.9 Å². The molecule has 0 N–H and O–H groups in total. The van der Waals surface area contributed by atoms with Crippen LogP contribution in [0.5, 0.6) is 0 Å². The molecule has 6 heteroatoms. The number of aromatic nitrogens is 4. The zero-order chi connectivity index (χ0) is 39.0. The maximum atomic E-state index is 4.94. The van der Waals surface area contributed by atoms with E-state index in [1.54, 1.807) is 0 Å². The van der Waals surface area contributed by atoms with Gasteiger partial charge in [-0.3, -0.25) is 0 Å². The third-order valence-electron chi connectivity index (χ3n) is 11.8. The van der Waals surface area contributed by atoms with Crippen LogP contribution in [0.2, 0.25) is 0 Å². The van der Waals surface area contributed by atoms with E-state index in [4.69, 9.17) is 19.9 Å². The summed E-state index contributed by atoms with van der Waals surface area (Å²) in [5.41, 5.74) is 17.0. The summed E-state index contributed by atoms with van der Waals surface area (Å²) < 4.78 is 0.633.